The molecule has 1 rings (SSSR count). The second kappa shape index (κ2) is 4.14. The van der Waals surface area contributed by atoms with Crippen LogP contribution in [-0.4, -0.2) is 31.1 Å². The molecule has 4 nitrogen and oxygen atoms in total. The highest BCUT2D eigenvalue weighted by Gasteiger charge is 2.19. The van der Waals surface area contributed by atoms with E-state index in [2.05, 4.69) is 9.47 Å². The first kappa shape index (κ1) is 8.23. The monoisotopic (exact) mass is 134 g/mol. The molecule has 54 valence electrons. The van der Waals surface area contributed by atoms with Crippen LogP contribution < -0.4 is 0 Å². The summed E-state index contributed by atoms with van der Waals surface area (Å²) in [5.74, 6) is 0. The van der Waals surface area contributed by atoms with Crippen LogP contribution in [-0.2, 0) is 9.47 Å². The van der Waals surface area contributed by atoms with Crippen molar-refractivity contribution in [1.82, 2.24) is 0 Å². The van der Waals surface area contributed by atoms with Crippen molar-refractivity contribution in [1.29, 1.82) is 0 Å². The first-order chi connectivity index (χ1) is 4.29. The molecule has 1 unspecified atom stereocenters. The molecule has 0 aliphatic carbocycles. The molecule has 0 aromatic heterocycles. The van der Waals surface area contributed by atoms with Crippen LogP contribution in [0.1, 0.15) is 6.92 Å². The Morgan fingerprint density at radius 2 is 2.22 bits per heavy atom. The van der Waals surface area contributed by atoms with Gasteiger partial charge in [-0.25, -0.2) is 4.79 Å². The van der Waals surface area contributed by atoms with E-state index in [1.807, 2.05) is 0 Å². The third kappa shape index (κ3) is 2.92. The maximum Gasteiger partial charge on any atom is 0.508 e. The Bertz CT molecular complexity index is 91.0. The molecule has 1 heterocycles. The fraction of sp³-hybridized carbons (Fsp3) is 0.800. The number of aliphatic hydroxyl groups excluding tert-OH is 1. The van der Waals surface area contributed by atoms with E-state index in [0.717, 1.165) is 7.11 Å². The van der Waals surface area contributed by atoms with Gasteiger partial charge >= 0.3 is 6.16 Å². The van der Waals surface area contributed by atoms with E-state index in [9.17, 15) is 4.79 Å². The molecular weight excluding hydrogens is 124 g/mol. The Kier molecular flexibility index (Phi) is 3.79. The van der Waals surface area contributed by atoms with Crippen molar-refractivity contribution in [2.24, 2.45) is 0 Å². The van der Waals surface area contributed by atoms with E-state index in [0.29, 0.717) is 6.61 Å². The summed E-state index contributed by atoms with van der Waals surface area (Å²) < 4.78 is 8.90. The molecule has 0 radical (unpaired) electrons. The minimum Gasteiger partial charge on any atom is -0.430 e. The van der Waals surface area contributed by atoms with Crippen molar-refractivity contribution in [3.8, 4) is 0 Å². The van der Waals surface area contributed by atoms with Crippen LogP contribution in [0, 0.1) is 0 Å². The standard InChI is InChI=1S/C4H6O3.CH4O/c1-3-2-6-4(5)7-3;1-2/h3H,2H2,1H3;2H,1H3. The van der Waals surface area contributed by atoms with E-state index >= 15 is 0 Å². The van der Waals surface area contributed by atoms with Gasteiger partial charge in [-0.05, 0) is 6.92 Å². The molecule has 1 aliphatic heterocycles. The molecule has 1 N–H and O–H groups in total. The van der Waals surface area contributed by atoms with Gasteiger partial charge in [0.25, 0.3) is 0 Å². The molecule has 1 saturated heterocycles. The second-order valence-electron chi connectivity index (χ2n) is 1.49. The highest BCUT2D eigenvalue weighted by molar-refractivity contribution is 5.61. The molecule has 0 spiro atoms. The molecule has 1 aliphatic rings. The molecule has 0 aromatic rings. The van der Waals surface area contributed by atoms with Crippen LogP contribution in [0.5, 0.6) is 0 Å². The van der Waals surface area contributed by atoms with Crippen LogP contribution in [0.25, 0.3) is 0 Å². The van der Waals surface area contributed by atoms with E-state index in [1.165, 1.54) is 0 Å². The van der Waals surface area contributed by atoms with Gasteiger partial charge in [0.1, 0.15) is 12.7 Å². The Balaban J connectivity index is 0.000000291. The largest absolute Gasteiger partial charge is 0.508 e. The zero-order valence-corrected chi connectivity index (χ0v) is 5.46. The summed E-state index contributed by atoms with van der Waals surface area (Å²) in [6, 6.07) is 0. The van der Waals surface area contributed by atoms with Gasteiger partial charge in [-0.2, -0.15) is 0 Å². The molecule has 0 bridgehead atoms. The van der Waals surface area contributed by atoms with E-state index < -0.39 is 6.16 Å². The number of ether oxygens (including phenoxy) is 2. The maximum absolute atomic E-state index is 10.0. The number of carbonyl (C=O) groups is 1. The van der Waals surface area contributed by atoms with Crippen molar-refractivity contribution >= 4 is 6.16 Å². The number of cyclic esters (lactones) is 2. The van der Waals surface area contributed by atoms with Crippen molar-refractivity contribution in [2.45, 2.75) is 13.0 Å². The highest BCUT2D eigenvalue weighted by Crippen LogP contribution is 2.02. The van der Waals surface area contributed by atoms with Crippen molar-refractivity contribution < 1.29 is 19.4 Å². The average molecular weight is 134 g/mol. The zero-order chi connectivity index (χ0) is 7.28. The smallest absolute Gasteiger partial charge is 0.430 e. The maximum atomic E-state index is 10.0. The summed E-state index contributed by atoms with van der Waals surface area (Å²) in [7, 11) is 1.00. The number of hydrogen-bond donors (Lipinski definition) is 1. The third-order valence-corrected chi connectivity index (χ3v) is 0.733. The summed E-state index contributed by atoms with van der Waals surface area (Å²) in [5.41, 5.74) is 0. The minimum atomic E-state index is -0.549. The van der Waals surface area contributed by atoms with E-state index in [-0.39, 0.29) is 6.10 Å². The lowest BCUT2D eigenvalue weighted by Crippen LogP contribution is -2.01. The number of carbonyl (C=O) groups excluding carboxylic acids is 1. The number of rotatable bonds is 0. The summed E-state index contributed by atoms with van der Waals surface area (Å²) in [6.07, 6.45) is -0.597. The van der Waals surface area contributed by atoms with Crippen molar-refractivity contribution in [2.75, 3.05) is 13.7 Å². The summed E-state index contributed by atoms with van der Waals surface area (Å²) in [5, 5.41) is 7.00. The average Bonchev–Trinajstić information content (AvgIpc) is 2.20. The van der Waals surface area contributed by atoms with Gasteiger partial charge in [0.15, 0.2) is 0 Å². The molecule has 1 atom stereocenters. The lowest BCUT2D eigenvalue weighted by Gasteiger charge is -1.90. The molecule has 0 amide bonds. The SMILES string of the molecule is CC1COC(=O)O1.CO. The van der Waals surface area contributed by atoms with Gasteiger partial charge in [0, 0.05) is 7.11 Å². The third-order valence-electron chi connectivity index (χ3n) is 0.733. The fourth-order valence-corrected chi connectivity index (χ4v) is 0.418. The first-order valence-corrected chi connectivity index (χ1v) is 2.57. The topological polar surface area (TPSA) is 55.8 Å². The fourth-order valence-electron chi connectivity index (χ4n) is 0.418. The van der Waals surface area contributed by atoms with Crippen LogP contribution in [0.3, 0.4) is 0 Å². The van der Waals surface area contributed by atoms with E-state index in [4.69, 9.17) is 5.11 Å². The summed E-state index contributed by atoms with van der Waals surface area (Å²) in [4.78, 5) is 10.0. The van der Waals surface area contributed by atoms with Crippen LogP contribution in [0.2, 0.25) is 0 Å². The van der Waals surface area contributed by atoms with Crippen LogP contribution in [0.4, 0.5) is 4.79 Å². The molecule has 0 aromatic carbocycles. The quantitative estimate of drug-likeness (QED) is 0.479. The van der Waals surface area contributed by atoms with Crippen LogP contribution in [0.15, 0.2) is 0 Å². The lowest BCUT2D eigenvalue weighted by molar-refractivity contribution is 0.121. The highest BCUT2D eigenvalue weighted by atomic mass is 16.8. The van der Waals surface area contributed by atoms with E-state index in [1.54, 1.807) is 6.92 Å². The number of hydrogen-bond acceptors (Lipinski definition) is 4. The predicted molar refractivity (Wildman–Crippen MR) is 30.0 cm³/mol. The molecule has 1 fully saturated rings. The first-order valence-electron chi connectivity index (χ1n) is 2.57. The molecular formula is C5H10O4. The van der Waals surface area contributed by atoms with Gasteiger partial charge < -0.3 is 14.6 Å². The predicted octanol–water partition coefficient (Wildman–Crippen LogP) is 0.150. The molecule has 0 saturated carbocycles. The van der Waals surface area contributed by atoms with Gasteiger partial charge in [-0.3, -0.25) is 0 Å². The molecule has 4 heteroatoms. The Labute approximate surface area is 53.4 Å². The summed E-state index contributed by atoms with van der Waals surface area (Å²) in [6.45, 7) is 2.18. The second-order valence-corrected chi connectivity index (χ2v) is 1.49. The zero-order valence-electron chi connectivity index (χ0n) is 5.46. The van der Waals surface area contributed by atoms with Crippen LogP contribution >= 0.6 is 0 Å². The molecule has 9 heavy (non-hydrogen) atoms. The van der Waals surface area contributed by atoms with Gasteiger partial charge in [-0.15, -0.1) is 0 Å². The minimum absolute atomic E-state index is 0.0486. The summed E-state index contributed by atoms with van der Waals surface area (Å²) >= 11 is 0. The van der Waals surface area contributed by atoms with Gasteiger partial charge in [0.05, 0.1) is 0 Å². The Morgan fingerprint density at radius 1 is 1.67 bits per heavy atom. The Morgan fingerprint density at radius 3 is 2.33 bits per heavy atom. The lowest BCUT2D eigenvalue weighted by atomic mass is 10.5. The number of aliphatic hydroxyl groups is 1. The van der Waals surface area contributed by atoms with Crippen molar-refractivity contribution in [3.05, 3.63) is 0 Å². The van der Waals surface area contributed by atoms with Gasteiger partial charge in [-0.1, -0.05) is 0 Å². The normalized spacial score (nSPS) is 23.4. The van der Waals surface area contributed by atoms with Gasteiger partial charge in [0.2, 0.25) is 0 Å². The Hall–Kier alpha value is -0.770. The van der Waals surface area contributed by atoms with Crippen molar-refractivity contribution in [3.63, 3.8) is 0 Å².